The fourth-order valence-electron chi connectivity index (χ4n) is 1.26. The van der Waals surface area contributed by atoms with E-state index in [0.29, 0.717) is 5.95 Å². The lowest BCUT2D eigenvalue weighted by molar-refractivity contribution is 0.602. The van der Waals surface area contributed by atoms with Crippen molar-refractivity contribution in [2.24, 2.45) is 5.92 Å². The summed E-state index contributed by atoms with van der Waals surface area (Å²) < 4.78 is 2.01. The average Bonchev–Trinajstić information content (AvgIpc) is 2.73. The normalized spacial score (nSPS) is 17.1. The largest absolute Gasteiger partial charge is 0.369 e. The van der Waals surface area contributed by atoms with Crippen molar-refractivity contribution in [3.8, 4) is 0 Å². The Labute approximate surface area is 66.2 Å². The second-order valence-corrected chi connectivity index (χ2v) is 3.21. The molecule has 0 atom stereocenters. The van der Waals surface area contributed by atoms with Crippen molar-refractivity contribution in [1.29, 1.82) is 0 Å². The number of anilines is 1. The van der Waals surface area contributed by atoms with Crippen LogP contribution in [0.15, 0.2) is 12.4 Å². The van der Waals surface area contributed by atoms with Crippen molar-refractivity contribution in [3.63, 3.8) is 0 Å². The monoisotopic (exact) mass is 151 g/mol. The Morgan fingerprint density at radius 2 is 2.45 bits per heavy atom. The molecule has 60 valence electrons. The van der Waals surface area contributed by atoms with Crippen LogP contribution < -0.4 is 5.73 Å². The van der Waals surface area contributed by atoms with Gasteiger partial charge in [-0.3, -0.25) is 0 Å². The lowest BCUT2D eigenvalue weighted by Gasteiger charge is -2.01. The van der Waals surface area contributed by atoms with E-state index in [1.165, 1.54) is 19.3 Å². The van der Waals surface area contributed by atoms with Gasteiger partial charge in [0, 0.05) is 18.9 Å². The van der Waals surface area contributed by atoms with Crippen molar-refractivity contribution in [3.05, 3.63) is 12.4 Å². The third kappa shape index (κ3) is 1.53. The maximum Gasteiger partial charge on any atom is 0.200 e. The third-order valence-electron chi connectivity index (χ3n) is 2.22. The zero-order valence-corrected chi connectivity index (χ0v) is 6.53. The van der Waals surface area contributed by atoms with Crippen LogP contribution in [0.5, 0.6) is 0 Å². The zero-order chi connectivity index (χ0) is 7.68. The Bertz CT molecular complexity index is 237. The molecular weight excluding hydrogens is 138 g/mol. The number of rotatable bonds is 3. The van der Waals surface area contributed by atoms with E-state index in [4.69, 9.17) is 5.73 Å². The summed E-state index contributed by atoms with van der Waals surface area (Å²) in [7, 11) is 0. The molecule has 1 heterocycles. The van der Waals surface area contributed by atoms with Crippen molar-refractivity contribution in [2.75, 3.05) is 5.73 Å². The quantitative estimate of drug-likeness (QED) is 0.706. The maximum absolute atomic E-state index is 5.60. The number of nitrogens with zero attached hydrogens (tertiary/aromatic N) is 2. The van der Waals surface area contributed by atoms with E-state index < -0.39 is 0 Å². The molecular formula is C8H13N3. The van der Waals surface area contributed by atoms with Crippen molar-refractivity contribution < 1.29 is 0 Å². The highest BCUT2D eigenvalue weighted by atomic mass is 15.1. The van der Waals surface area contributed by atoms with Gasteiger partial charge in [-0.15, -0.1) is 0 Å². The Balaban J connectivity index is 1.89. The highest BCUT2D eigenvalue weighted by Gasteiger charge is 2.20. The van der Waals surface area contributed by atoms with Gasteiger partial charge < -0.3 is 10.3 Å². The summed E-state index contributed by atoms with van der Waals surface area (Å²) in [5.41, 5.74) is 5.60. The minimum absolute atomic E-state index is 0.644. The van der Waals surface area contributed by atoms with Gasteiger partial charge in [-0.2, -0.15) is 0 Å². The number of aryl methyl sites for hydroxylation is 1. The van der Waals surface area contributed by atoms with E-state index in [-0.39, 0.29) is 0 Å². The zero-order valence-electron chi connectivity index (χ0n) is 6.53. The highest BCUT2D eigenvalue weighted by Crippen LogP contribution is 2.32. The summed E-state index contributed by atoms with van der Waals surface area (Å²) in [4.78, 5) is 3.96. The number of hydrogen-bond acceptors (Lipinski definition) is 2. The van der Waals surface area contributed by atoms with Gasteiger partial charge in [0.05, 0.1) is 0 Å². The number of hydrogen-bond donors (Lipinski definition) is 1. The highest BCUT2D eigenvalue weighted by molar-refractivity contribution is 5.16. The SMILES string of the molecule is Nc1nccn1CCC1CC1. The van der Waals surface area contributed by atoms with Crippen LogP contribution in [0.25, 0.3) is 0 Å². The lowest BCUT2D eigenvalue weighted by Crippen LogP contribution is -2.02. The Kier molecular flexibility index (Phi) is 1.56. The van der Waals surface area contributed by atoms with E-state index in [2.05, 4.69) is 4.98 Å². The topological polar surface area (TPSA) is 43.8 Å². The summed E-state index contributed by atoms with van der Waals surface area (Å²) in [6, 6.07) is 0. The van der Waals surface area contributed by atoms with E-state index >= 15 is 0 Å². The van der Waals surface area contributed by atoms with Crippen LogP contribution in [-0.2, 0) is 6.54 Å². The molecule has 0 amide bonds. The molecule has 0 spiro atoms. The van der Waals surface area contributed by atoms with Crippen LogP contribution in [0.1, 0.15) is 19.3 Å². The first-order valence-corrected chi connectivity index (χ1v) is 4.13. The molecule has 0 radical (unpaired) electrons. The molecule has 3 heteroatoms. The minimum Gasteiger partial charge on any atom is -0.369 e. The fraction of sp³-hybridized carbons (Fsp3) is 0.625. The van der Waals surface area contributed by atoms with Crippen LogP contribution >= 0.6 is 0 Å². The van der Waals surface area contributed by atoms with Crippen molar-refractivity contribution in [2.45, 2.75) is 25.8 Å². The summed E-state index contributed by atoms with van der Waals surface area (Å²) in [6.07, 6.45) is 7.78. The number of aromatic nitrogens is 2. The molecule has 0 saturated heterocycles. The average molecular weight is 151 g/mol. The van der Waals surface area contributed by atoms with Gasteiger partial charge in [0.2, 0.25) is 0 Å². The van der Waals surface area contributed by atoms with Crippen molar-refractivity contribution in [1.82, 2.24) is 9.55 Å². The van der Waals surface area contributed by atoms with Gasteiger partial charge in [0.25, 0.3) is 0 Å². The van der Waals surface area contributed by atoms with Gasteiger partial charge >= 0.3 is 0 Å². The number of imidazole rings is 1. The standard InChI is InChI=1S/C8H13N3/c9-8-10-4-6-11(8)5-3-7-1-2-7/h4,6-7H,1-3,5H2,(H2,9,10). The van der Waals surface area contributed by atoms with Gasteiger partial charge in [0.15, 0.2) is 5.95 Å². The first-order valence-electron chi connectivity index (χ1n) is 4.13. The molecule has 1 aromatic rings. The predicted molar refractivity (Wildman–Crippen MR) is 44.0 cm³/mol. The number of nitrogens with two attached hydrogens (primary N) is 1. The fourth-order valence-corrected chi connectivity index (χ4v) is 1.26. The van der Waals surface area contributed by atoms with Crippen LogP contribution in [0.4, 0.5) is 5.95 Å². The Morgan fingerprint density at radius 3 is 3.00 bits per heavy atom. The molecule has 1 saturated carbocycles. The molecule has 1 fully saturated rings. The molecule has 0 unspecified atom stereocenters. The molecule has 2 rings (SSSR count). The summed E-state index contributed by atoms with van der Waals surface area (Å²) >= 11 is 0. The molecule has 1 aliphatic carbocycles. The smallest absolute Gasteiger partial charge is 0.200 e. The van der Waals surface area contributed by atoms with E-state index in [1.54, 1.807) is 6.20 Å². The predicted octanol–water partition coefficient (Wildman–Crippen LogP) is 1.27. The van der Waals surface area contributed by atoms with Crippen molar-refractivity contribution >= 4 is 5.95 Å². The first-order chi connectivity index (χ1) is 5.36. The van der Waals surface area contributed by atoms with E-state index in [9.17, 15) is 0 Å². The van der Waals surface area contributed by atoms with Crippen LogP contribution in [-0.4, -0.2) is 9.55 Å². The van der Waals surface area contributed by atoms with E-state index in [1.807, 2.05) is 10.8 Å². The Morgan fingerprint density at radius 1 is 1.64 bits per heavy atom. The molecule has 11 heavy (non-hydrogen) atoms. The summed E-state index contributed by atoms with van der Waals surface area (Å²) in [6.45, 7) is 1.04. The van der Waals surface area contributed by atoms with Gasteiger partial charge in [-0.1, -0.05) is 12.8 Å². The maximum atomic E-state index is 5.60. The molecule has 0 aromatic carbocycles. The van der Waals surface area contributed by atoms with Gasteiger partial charge in [-0.25, -0.2) is 4.98 Å². The lowest BCUT2D eigenvalue weighted by atomic mass is 10.3. The molecule has 0 aliphatic heterocycles. The van der Waals surface area contributed by atoms with Gasteiger partial charge in [-0.05, 0) is 12.3 Å². The molecule has 2 N–H and O–H groups in total. The third-order valence-corrected chi connectivity index (χ3v) is 2.22. The second kappa shape index (κ2) is 2.57. The number of nitrogen functional groups attached to an aromatic ring is 1. The molecule has 0 bridgehead atoms. The second-order valence-electron chi connectivity index (χ2n) is 3.21. The molecule has 1 aromatic heterocycles. The van der Waals surface area contributed by atoms with Crippen LogP contribution in [0, 0.1) is 5.92 Å². The summed E-state index contributed by atoms with van der Waals surface area (Å²) in [5.74, 6) is 1.61. The van der Waals surface area contributed by atoms with Crippen LogP contribution in [0.2, 0.25) is 0 Å². The summed E-state index contributed by atoms with van der Waals surface area (Å²) in [5, 5.41) is 0. The van der Waals surface area contributed by atoms with Gasteiger partial charge in [0.1, 0.15) is 0 Å². The molecule has 1 aliphatic rings. The van der Waals surface area contributed by atoms with Crippen LogP contribution in [0.3, 0.4) is 0 Å². The molecule has 3 nitrogen and oxygen atoms in total. The van der Waals surface area contributed by atoms with E-state index in [0.717, 1.165) is 12.5 Å². The first kappa shape index (κ1) is 6.70. The minimum atomic E-state index is 0.644. The Hall–Kier alpha value is -0.990.